The maximum atomic E-state index is 14.0. The molecule has 34 heavy (non-hydrogen) atoms. The molecule has 3 aromatic rings. The largest absolute Gasteiger partial charge is 0.490 e. The second kappa shape index (κ2) is 10.5. The smallest absolute Gasteiger partial charge is 0.329 e. The molecule has 3 aromatic carbocycles. The average molecular weight is 525 g/mol. The van der Waals surface area contributed by atoms with E-state index in [2.05, 4.69) is 21.2 Å². The van der Waals surface area contributed by atoms with E-state index in [1.807, 2.05) is 31.2 Å². The van der Waals surface area contributed by atoms with Gasteiger partial charge in [0.1, 0.15) is 18.1 Å². The predicted octanol–water partition coefficient (Wildman–Crippen LogP) is 5.66. The van der Waals surface area contributed by atoms with Crippen LogP contribution in [0.15, 0.2) is 76.9 Å². The van der Waals surface area contributed by atoms with Crippen LogP contribution >= 0.6 is 15.9 Å². The fourth-order valence-corrected chi connectivity index (χ4v) is 3.69. The number of nitrogens with one attached hydrogen (secondary N) is 1. The van der Waals surface area contributed by atoms with E-state index in [1.165, 1.54) is 6.07 Å². The van der Waals surface area contributed by atoms with Gasteiger partial charge in [0, 0.05) is 10.0 Å². The average Bonchev–Trinajstić information content (AvgIpc) is 3.08. The molecule has 4 rings (SSSR count). The van der Waals surface area contributed by atoms with E-state index >= 15 is 0 Å². The van der Waals surface area contributed by atoms with Crippen molar-refractivity contribution >= 4 is 33.9 Å². The third-order valence-electron chi connectivity index (χ3n) is 5.13. The quantitative estimate of drug-likeness (QED) is 0.305. The number of benzene rings is 3. The molecule has 0 saturated carbocycles. The second-order valence-electron chi connectivity index (χ2n) is 7.53. The van der Waals surface area contributed by atoms with Gasteiger partial charge in [-0.15, -0.1) is 0 Å². The Hall–Kier alpha value is -3.65. The van der Waals surface area contributed by atoms with Crippen LogP contribution in [-0.4, -0.2) is 23.4 Å². The van der Waals surface area contributed by atoms with Crippen molar-refractivity contribution in [1.82, 2.24) is 10.2 Å². The molecule has 0 spiro atoms. The van der Waals surface area contributed by atoms with Gasteiger partial charge in [0.05, 0.1) is 13.2 Å². The summed E-state index contributed by atoms with van der Waals surface area (Å²) in [5, 5.41) is 2.56. The molecular formula is C26H22BrFN2O4. The number of carbonyl (C=O) groups is 2. The van der Waals surface area contributed by atoms with Crippen LogP contribution in [0.25, 0.3) is 6.08 Å². The summed E-state index contributed by atoms with van der Waals surface area (Å²) in [7, 11) is 0. The minimum atomic E-state index is -0.598. The lowest BCUT2D eigenvalue weighted by molar-refractivity contribution is -0.123. The van der Waals surface area contributed by atoms with E-state index in [9.17, 15) is 14.0 Å². The van der Waals surface area contributed by atoms with Crippen LogP contribution in [0.5, 0.6) is 11.5 Å². The van der Waals surface area contributed by atoms with Gasteiger partial charge in [-0.1, -0.05) is 52.3 Å². The predicted molar refractivity (Wildman–Crippen MR) is 130 cm³/mol. The van der Waals surface area contributed by atoms with E-state index in [1.54, 1.807) is 42.5 Å². The van der Waals surface area contributed by atoms with Crippen molar-refractivity contribution in [3.63, 3.8) is 0 Å². The third-order valence-corrected chi connectivity index (χ3v) is 5.66. The molecule has 1 heterocycles. The van der Waals surface area contributed by atoms with E-state index in [-0.39, 0.29) is 17.8 Å². The summed E-state index contributed by atoms with van der Waals surface area (Å²) in [5.74, 6) is 0.0891. The Balaban J connectivity index is 1.51. The van der Waals surface area contributed by atoms with Gasteiger partial charge in [-0.25, -0.2) is 9.18 Å². The monoisotopic (exact) mass is 524 g/mol. The van der Waals surface area contributed by atoms with Crippen LogP contribution in [0.1, 0.15) is 23.6 Å². The van der Waals surface area contributed by atoms with Crippen LogP contribution in [0.2, 0.25) is 0 Å². The Bertz CT molecular complexity index is 1240. The Kier molecular flexibility index (Phi) is 7.27. The first-order chi connectivity index (χ1) is 16.4. The molecule has 174 valence electrons. The number of nitrogens with zero attached hydrogens (tertiary/aromatic N) is 1. The van der Waals surface area contributed by atoms with Crippen LogP contribution in [0.3, 0.4) is 0 Å². The highest BCUT2D eigenvalue weighted by molar-refractivity contribution is 9.10. The first-order valence-corrected chi connectivity index (χ1v) is 11.5. The molecule has 6 nitrogen and oxygen atoms in total. The summed E-state index contributed by atoms with van der Waals surface area (Å²) in [6.07, 6.45) is 1.56. The number of hydrogen-bond acceptors (Lipinski definition) is 4. The van der Waals surface area contributed by atoms with Crippen molar-refractivity contribution in [2.75, 3.05) is 6.61 Å². The number of rotatable bonds is 8. The van der Waals surface area contributed by atoms with Gasteiger partial charge in [-0.2, -0.15) is 0 Å². The molecule has 0 atom stereocenters. The lowest BCUT2D eigenvalue weighted by Crippen LogP contribution is -2.30. The standard InChI is InChI=1S/C26H22BrFN2O4/c1-2-33-24-14-18(9-12-23(24)34-16-17-7-10-20(27)11-8-17)13-22-25(31)30(26(32)29-22)15-19-5-3-4-6-21(19)28/h3-14H,2,15-16H2,1H3,(H,29,32)/b22-13+. The molecule has 1 saturated heterocycles. The highest BCUT2D eigenvalue weighted by Gasteiger charge is 2.34. The number of ether oxygens (including phenoxy) is 2. The molecule has 0 aliphatic carbocycles. The molecule has 0 radical (unpaired) electrons. The highest BCUT2D eigenvalue weighted by atomic mass is 79.9. The summed E-state index contributed by atoms with van der Waals surface area (Å²) < 4.78 is 26.6. The maximum Gasteiger partial charge on any atom is 0.329 e. The van der Waals surface area contributed by atoms with Crippen molar-refractivity contribution in [2.45, 2.75) is 20.1 Å². The second-order valence-corrected chi connectivity index (χ2v) is 8.44. The number of amides is 3. The minimum Gasteiger partial charge on any atom is -0.490 e. The lowest BCUT2D eigenvalue weighted by Gasteiger charge is -2.13. The SMILES string of the molecule is CCOc1cc(/C=C2/NC(=O)N(Cc3ccccc3F)C2=O)ccc1OCc1ccc(Br)cc1. The van der Waals surface area contributed by atoms with Crippen molar-refractivity contribution in [1.29, 1.82) is 0 Å². The molecule has 1 aliphatic rings. The van der Waals surface area contributed by atoms with Gasteiger partial charge >= 0.3 is 6.03 Å². The van der Waals surface area contributed by atoms with Crippen LogP contribution < -0.4 is 14.8 Å². The molecule has 1 fully saturated rings. The molecule has 0 bridgehead atoms. The summed E-state index contributed by atoms with van der Waals surface area (Å²) >= 11 is 3.41. The molecular weight excluding hydrogens is 503 g/mol. The Morgan fingerprint density at radius 1 is 1.00 bits per heavy atom. The van der Waals surface area contributed by atoms with Crippen molar-refractivity contribution in [3.8, 4) is 11.5 Å². The fourth-order valence-electron chi connectivity index (χ4n) is 3.42. The van der Waals surface area contributed by atoms with E-state index in [0.29, 0.717) is 30.3 Å². The zero-order valence-corrected chi connectivity index (χ0v) is 20.0. The van der Waals surface area contributed by atoms with Gasteiger partial charge in [0.25, 0.3) is 5.91 Å². The number of urea groups is 1. The lowest BCUT2D eigenvalue weighted by atomic mass is 10.1. The van der Waals surface area contributed by atoms with Crippen molar-refractivity contribution in [3.05, 3.63) is 99.4 Å². The molecule has 0 aromatic heterocycles. The topological polar surface area (TPSA) is 67.9 Å². The van der Waals surface area contributed by atoms with Crippen LogP contribution in [0, 0.1) is 5.82 Å². The minimum absolute atomic E-state index is 0.104. The van der Waals surface area contributed by atoms with E-state index < -0.39 is 17.8 Å². The molecule has 1 aliphatic heterocycles. The van der Waals surface area contributed by atoms with Gasteiger partial charge in [-0.3, -0.25) is 9.69 Å². The Labute approximate surface area is 205 Å². The molecule has 0 unspecified atom stereocenters. The van der Waals surface area contributed by atoms with Gasteiger partial charge in [-0.05, 0) is 54.5 Å². The number of carbonyl (C=O) groups excluding carboxylic acids is 2. The zero-order chi connectivity index (χ0) is 24.1. The van der Waals surface area contributed by atoms with Gasteiger partial charge in [0.15, 0.2) is 11.5 Å². The van der Waals surface area contributed by atoms with E-state index in [4.69, 9.17) is 9.47 Å². The fraction of sp³-hybridized carbons (Fsp3) is 0.154. The first kappa shape index (κ1) is 23.5. The summed E-state index contributed by atoms with van der Waals surface area (Å²) in [4.78, 5) is 26.1. The summed E-state index contributed by atoms with van der Waals surface area (Å²) in [6.45, 7) is 2.51. The zero-order valence-electron chi connectivity index (χ0n) is 18.4. The number of imide groups is 1. The Morgan fingerprint density at radius 3 is 2.50 bits per heavy atom. The van der Waals surface area contributed by atoms with Gasteiger partial charge in [0.2, 0.25) is 0 Å². The van der Waals surface area contributed by atoms with Crippen molar-refractivity contribution < 1.29 is 23.5 Å². The highest BCUT2D eigenvalue weighted by Crippen LogP contribution is 2.31. The summed E-state index contributed by atoms with van der Waals surface area (Å²) in [6, 6.07) is 18.5. The molecule has 3 amide bonds. The maximum absolute atomic E-state index is 14.0. The van der Waals surface area contributed by atoms with Crippen LogP contribution in [-0.2, 0) is 17.9 Å². The normalized spacial score (nSPS) is 14.4. The van der Waals surface area contributed by atoms with E-state index in [0.717, 1.165) is 14.9 Å². The molecule has 8 heteroatoms. The molecule has 1 N–H and O–H groups in total. The van der Waals surface area contributed by atoms with Crippen LogP contribution in [0.4, 0.5) is 9.18 Å². The number of halogens is 2. The first-order valence-electron chi connectivity index (χ1n) is 10.7. The Morgan fingerprint density at radius 2 is 1.76 bits per heavy atom. The summed E-state index contributed by atoms with van der Waals surface area (Å²) in [5.41, 5.74) is 2.02. The number of hydrogen-bond donors (Lipinski definition) is 1. The van der Waals surface area contributed by atoms with Crippen molar-refractivity contribution in [2.24, 2.45) is 0 Å². The third kappa shape index (κ3) is 5.46. The van der Waals surface area contributed by atoms with Gasteiger partial charge < -0.3 is 14.8 Å².